The average molecular weight is 360 g/mol. The van der Waals surface area contributed by atoms with Gasteiger partial charge in [0.25, 0.3) is 0 Å². The van der Waals surface area contributed by atoms with E-state index in [4.69, 9.17) is 0 Å². The topological polar surface area (TPSA) is 86.3 Å². The molecule has 0 saturated heterocycles. The minimum Gasteiger partial charge on any atom is -0.550 e. The fraction of sp³-hybridized carbons (Fsp3) is 0.316. The third-order valence-corrected chi connectivity index (χ3v) is 6.07. The van der Waals surface area contributed by atoms with Gasteiger partial charge in [-0.05, 0) is 55.5 Å². The Hall–Kier alpha value is -2.18. The highest BCUT2D eigenvalue weighted by atomic mass is 32.2. The van der Waals surface area contributed by atoms with E-state index in [0.717, 1.165) is 16.7 Å². The molecule has 6 heteroatoms. The highest BCUT2D eigenvalue weighted by Crippen LogP contribution is 2.23. The van der Waals surface area contributed by atoms with Gasteiger partial charge in [0.1, 0.15) is 0 Å². The van der Waals surface area contributed by atoms with Crippen LogP contribution in [0.1, 0.15) is 34.6 Å². The first kappa shape index (κ1) is 19.1. The Morgan fingerprint density at radius 1 is 1.04 bits per heavy atom. The highest BCUT2D eigenvalue weighted by molar-refractivity contribution is 7.89. The number of carboxylic acids is 1. The fourth-order valence-electron chi connectivity index (χ4n) is 2.74. The van der Waals surface area contributed by atoms with Crippen LogP contribution in [0.15, 0.2) is 47.4 Å². The number of rotatable bonds is 7. The van der Waals surface area contributed by atoms with Crippen LogP contribution in [-0.4, -0.2) is 20.9 Å². The van der Waals surface area contributed by atoms with Gasteiger partial charge >= 0.3 is 0 Å². The van der Waals surface area contributed by atoms with Crippen molar-refractivity contribution in [2.45, 2.75) is 38.0 Å². The Bertz CT molecular complexity index is 860. The molecule has 0 radical (unpaired) electrons. The van der Waals surface area contributed by atoms with E-state index >= 15 is 0 Å². The number of hydrogen-bond acceptors (Lipinski definition) is 4. The smallest absolute Gasteiger partial charge is 0.240 e. The van der Waals surface area contributed by atoms with Crippen LogP contribution < -0.4 is 9.83 Å². The van der Waals surface area contributed by atoms with Gasteiger partial charge < -0.3 is 9.90 Å². The lowest BCUT2D eigenvalue weighted by Gasteiger charge is -2.19. The summed E-state index contributed by atoms with van der Waals surface area (Å²) in [5.74, 6) is -1.71. The van der Waals surface area contributed by atoms with Gasteiger partial charge in [-0.25, -0.2) is 13.1 Å². The molecule has 0 aliphatic carbocycles. The molecule has 0 aromatic heterocycles. The molecule has 0 aliphatic heterocycles. The van der Waals surface area contributed by atoms with E-state index in [0.29, 0.717) is 5.56 Å². The van der Waals surface area contributed by atoms with Crippen LogP contribution >= 0.6 is 0 Å². The molecule has 1 unspecified atom stereocenters. The molecule has 2 aromatic rings. The van der Waals surface area contributed by atoms with E-state index < -0.39 is 21.9 Å². The molecule has 0 saturated carbocycles. The van der Waals surface area contributed by atoms with Gasteiger partial charge in [0.2, 0.25) is 10.0 Å². The highest BCUT2D eigenvalue weighted by Gasteiger charge is 2.21. The second kappa shape index (κ2) is 7.80. The maximum absolute atomic E-state index is 12.7. The van der Waals surface area contributed by atoms with Gasteiger partial charge in [-0.2, -0.15) is 0 Å². The third-order valence-electron chi connectivity index (χ3n) is 4.50. The Morgan fingerprint density at radius 3 is 2.28 bits per heavy atom. The summed E-state index contributed by atoms with van der Waals surface area (Å²) in [4.78, 5) is 11.2. The Labute approximate surface area is 148 Å². The van der Waals surface area contributed by atoms with Crippen molar-refractivity contribution < 1.29 is 18.3 Å². The van der Waals surface area contributed by atoms with Crippen molar-refractivity contribution in [2.24, 2.45) is 0 Å². The molecule has 0 bridgehead atoms. The second-order valence-electron chi connectivity index (χ2n) is 6.17. The summed E-state index contributed by atoms with van der Waals surface area (Å²) in [7, 11) is -3.73. The van der Waals surface area contributed by atoms with Gasteiger partial charge in [0.15, 0.2) is 0 Å². The molecule has 25 heavy (non-hydrogen) atoms. The number of hydrogen-bond donors (Lipinski definition) is 1. The molecule has 1 atom stereocenters. The van der Waals surface area contributed by atoms with Gasteiger partial charge in [0.05, 0.1) is 4.90 Å². The zero-order chi connectivity index (χ0) is 18.6. The monoisotopic (exact) mass is 360 g/mol. The predicted molar refractivity (Wildman–Crippen MR) is 94.6 cm³/mol. The van der Waals surface area contributed by atoms with Crippen molar-refractivity contribution in [3.63, 3.8) is 0 Å². The average Bonchev–Trinajstić information content (AvgIpc) is 2.57. The fourth-order valence-corrected chi connectivity index (χ4v) is 4.12. The normalized spacial score (nSPS) is 12.8. The first-order valence-corrected chi connectivity index (χ1v) is 9.52. The van der Waals surface area contributed by atoms with Gasteiger partial charge in [0, 0.05) is 18.4 Å². The number of nitrogens with one attached hydrogen (secondary N) is 1. The maximum Gasteiger partial charge on any atom is 0.240 e. The van der Waals surface area contributed by atoms with Crippen molar-refractivity contribution >= 4 is 16.0 Å². The van der Waals surface area contributed by atoms with Crippen molar-refractivity contribution in [1.29, 1.82) is 0 Å². The van der Waals surface area contributed by atoms with Crippen LogP contribution in [0.4, 0.5) is 0 Å². The van der Waals surface area contributed by atoms with Crippen LogP contribution in [0.2, 0.25) is 0 Å². The number of carbonyl (C=O) groups excluding carboxylic acids is 1. The van der Waals surface area contributed by atoms with E-state index in [1.54, 1.807) is 43.3 Å². The molecule has 2 rings (SSSR count). The van der Waals surface area contributed by atoms with Crippen molar-refractivity contribution in [3.8, 4) is 0 Å². The van der Waals surface area contributed by atoms with Crippen LogP contribution in [0.25, 0.3) is 0 Å². The van der Waals surface area contributed by atoms with E-state index in [2.05, 4.69) is 4.72 Å². The third kappa shape index (κ3) is 4.67. The molecule has 0 fully saturated rings. The summed E-state index contributed by atoms with van der Waals surface area (Å²) in [6.07, 6.45) is -0.252. The Morgan fingerprint density at radius 2 is 1.68 bits per heavy atom. The van der Waals surface area contributed by atoms with Gasteiger partial charge in [-0.15, -0.1) is 0 Å². The molecular weight excluding hydrogens is 338 g/mol. The van der Waals surface area contributed by atoms with Crippen molar-refractivity contribution in [3.05, 3.63) is 64.7 Å². The molecule has 0 amide bonds. The van der Waals surface area contributed by atoms with Crippen LogP contribution in [0.5, 0.6) is 0 Å². The largest absolute Gasteiger partial charge is 0.550 e. The molecule has 0 aliphatic rings. The quantitative estimate of drug-likeness (QED) is 0.816. The van der Waals surface area contributed by atoms with Crippen molar-refractivity contribution in [2.75, 3.05) is 6.54 Å². The minimum absolute atomic E-state index is 0.00725. The number of carbonyl (C=O) groups is 1. The van der Waals surface area contributed by atoms with Crippen molar-refractivity contribution in [1.82, 2.24) is 4.72 Å². The lowest BCUT2D eigenvalue weighted by atomic mass is 9.96. The van der Waals surface area contributed by atoms with Crippen LogP contribution in [-0.2, 0) is 14.8 Å². The summed E-state index contributed by atoms with van der Waals surface area (Å²) in [5, 5.41) is 11.0. The molecule has 5 nitrogen and oxygen atoms in total. The lowest BCUT2D eigenvalue weighted by molar-refractivity contribution is -0.306. The number of aryl methyl sites for hydroxylation is 1. The SMILES string of the molecule is Cc1ccc(S(=O)(=O)NCC(CC(=O)[O-])c2ccccc2)c(C)c1C. The van der Waals surface area contributed by atoms with Crippen LogP contribution in [0, 0.1) is 20.8 Å². The first-order valence-electron chi connectivity index (χ1n) is 8.03. The summed E-state index contributed by atoms with van der Waals surface area (Å²) >= 11 is 0. The second-order valence-corrected chi connectivity index (χ2v) is 7.90. The number of aliphatic carboxylic acids is 1. The lowest BCUT2D eigenvalue weighted by Crippen LogP contribution is -2.33. The summed E-state index contributed by atoms with van der Waals surface area (Å²) < 4.78 is 27.9. The molecule has 1 N–H and O–H groups in total. The van der Waals surface area contributed by atoms with Crippen LogP contribution in [0.3, 0.4) is 0 Å². The standard InChI is InChI=1S/C19H23NO4S/c1-13-9-10-18(15(3)14(13)2)25(23,24)20-12-17(11-19(21)22)16-7-5-4-6-8-16/h4-10,17,20H,11-12H2,1-3H3,(H,21,22)/p-1. The molecule has 2 aromatic carbocycles. The van der Waals surface area contributed by atoms with E-state index in [-0.39, 0.29) is 17.9 Å². The molecule has 0 spiro atoms. The number of sulfonamides is 1. The van der Waals surface area contributed by atoms with Gasteiger partial charge in [-0.3, -0.25) is 0 Å². The zero-order valence-corrected chi connectivity index (χ0v) is 15.4. The summed E-state index contributed by atoms with van der Waals surface area (Å²) in [5.41, 5.74) is 3.41. The minimum atomic E-state index is -3.73. The van der Waals surface area contributed by atoms with E-state index in [1.807, 2.05) is 19.9 Å². The maximum atomic E-state index is 12.7. The zero-order valence-electron chi connectivity index (χ0n) is 14.6. The Balaban J connectivity index is 2.24. The number of benzene rings is 2. The Kier molecular flexibility index (Phi) is 5.98. The molecular formula is C19H22NO4S-. The number of carboxylic acid groups (broad SMARTS) is 1. The predicted octanol–water partition coefficient (Wildman–Crippen LogP) is 1.81. The summed E-state index contributed by atoms with van der Waals surface area (Å²) in [6, 6.07) is 12.3. The molecule has 0 heterocycles. The van der Waals surface area contributed by atoms with E-state index in [1.165, 1.54) is 0 Å². The van der Waals surface area contributed by atoms with Gasteiger partial charge in [-0.1, -0.05) is 36.4 Å². The molecule has 134 valence electrons. The summed E-state index contributed by atoms with van der Waals surface area (Å²) in [6.45, 7) is 5.57. The van der Waals surface area contributed by atoms with E-state index in [9.17, 15) is 18.3 Å². The first-order chi connectivity index (χ1) is 11.7.